The van der Waals surface area contributed by atoms with E-state index in [9.17, 15) is 19.2 Å². The fourth-order valence-electron chi connectivity index (χ4n) is 1.17. The smallest absolute Gasteiger partial charge is 0.330 e. The van der Waals surface area contributed by atoms with Crippen molar-refractivity contribution in [3.8, 4) is 0 Å². The van der Waals surface area contributed by atoms with Crippen LogP contribution in [0.15, 0.2) is 25.3 Å². The molecule has 0 aliphatic heterocycles. The van der Waals surface area contributed by atoms with Gasteiger partial charge < -0.3 is 20.1 Å². The lowest BCUT2D eigenvalue weighted by Gasteiger charge is -2.07. The van der Waals surface area contributed by atoms with Crippen molar-refractivity contribution in [2.75, 3.05) is 26.3 Å². The van der Waals surface area contributed by atoms with Gasteiger partial charge in [-0.05, 0) is 12.8 Å². The molecular formula is C14H20N2O6. The van der Waals surface area contributed by atoms with E-state index >= 15 is 0 Å². The summed E-state index contributed by atoms with van der Waals surface area (Å²) in [6, 6.07) is 0. The molecule has 0 bridgehead atoms. The third-order valence-electron chi connectivity index (χ3n) is 2.24. The Morgan fingerprint density at radius 1 is 0.773 bits per heavy atom. The standard InChI is InChI=1S/C14H20N2O6/c1-3-11(17)21-9-5-7-15-13(19)14(20)16-8-6-10-22-12(18)4-2/h3-4H,1-2,5-10H2,(H,15,19)(H,16,20). The van der Waals surface area contributed by atoms with Crippen molar-refractivity contribution in [2.24, 2.45) is 0 Å². The fraction of sp³-hybridized carbons (Fsp3) is 0.429. The number of hydrogen-bond donors (Lipinski definition) is 2. The van der Waals surface area contributed by atoms with Crippen LogP contribution in [0, 0.1) is 0 Å². The predicted molar refractivity (Wildman–Crippen MR) is 77.6 cm³/mol. The highest BCUT2D eigenvalue weighted by Crippen LogP contribution is 1.85. The van der Waals surface area contributed by atoms with E-state index < -0.39 is 23.8 Å². The molecule has 0 radical (unpaired) electrons. The molecule has 22 heavy (non-hydrogen) atoms. The van der Waals surface area contributed by atoms with Crippen LogP contribution in [0.2, 0.25) is 0 Å². The first-order chi connectivity index (χ1) is 10.5. The molecule has 2 amide bonds. The molecule has 8 nitrogen and oxygen atoms in total. The zero-order valence-corrected chi connectivity index (χ0v) is 12.3. The molecule has 0 saturated carbocycles. The largest absolute Gasteiger partial charge is 0.462 e. The molecule has 0 heterocycles. The van der Waals surface area contributed by atoms with Crippen LogP contribution in [0.1, 0.15) is 12.8 Å². The average molecular weight is 312 g/mol. The van der Waals surface area contributed by atoms with Crippen LogP contribution in [0.4, 0.5) is 0 Å². The number of amides is 2. The molecule has 0 aliphatic rings. The van der Waals surface area contributed by atoms with Gasteiger partial charge in [-0.3, -0.25) is 9.59 Å². The Balaban J connectivity index is 3.60. The van der Waals surface area contributed by atoms with Crippen LogP contribution >= 0.6 is 0 Å². The van der Waals surface area contributed by atoms with Gasteiger partial charge >= 0.3 is 23.8 Å². The summed E-state index contributed by atoms with van der Waals surface area (Å²) in [5, 5.41) is 4.75. The summed E-state index contributed by atoms with van der Waals surface area (Å²) in [5.41, 5.74) is 0. The highest BCUT2D eigenvalue weighted by atomic mass is 16.5. The first-order valence-corrected chi connectivity index (χ1v) is 6.65. The first-order valence-electron chi connectivity index (χ1n) is 6.65. The minimum Gasteiger partial charge on any atom is -0.462 e. The third kappa shape index (κ3) is 10.2. The van der Waals surface area contributed by atoms with E-state index in [1.54, 1.807) is 0 Å². The Morgan fingerprint density at radius 2 is 1.14 bits per heavy atom. The Hall–Kier alpha value is -2.64. The van der Waals surface area contributed by atoms with E-state index in [0.717, 1.165) is 12.2 Å². The lowest BCUT2D eigenvalue weighted by molar-refractivity contribution is -0.140. The Bertz CT molecular complexity index is 393. The Kier molecular flexibility index (Phi) is 10.7. The molecule has 0 fully saturated rings. The summed E-state index contributed by atoms with van der Waals surface area (Å²) in [5.74, 6) is -2.64. The summed E-state index contributed by atoms with van der Waals surface area (Å²) >= 11 is 0. The maximum absolute atomic E-state index is 11.4. The van der Waals surface area contributed by atoms with Crippen LogP contribution in [0.25, 0.3) is 0 Å². The van der Waals surface area contributed by atoms with Crippen LogP contribution in [-0.4, -0.2) is 50.1 Å². The maximum Gasteiger partial charge on any atom is 0.330 e. The summed E-state index contributed by atoms with van der Waals surface area (Å²) in [6.45, 7) is 7.13. The number of carbonyl (C=O) groups is 4. The van der Waals surface area contributed by atoms with Crippen LogP contribution in [0.5, 0.6) is 0 Å². The van der Waals surface area contributed by atoms with Gasteiger partial charge in [0, 0.05) is 25.2 Å². The molecule has 8 heteroatoms. The second-order valence-electron chi connectivity index (χ2n) is 3.96. The maximum atomic E-state index is 11.4. The summed E-state index contributed by atoms with van der Waals surface area (Å²) < 4.78 is 9.39. The molecular weight excluding hydrogens is 292 g/mol. The third-order valence-corrected chi connectivity index (χ3v) is 2.24. The molecule has 0 rings (SSSR count). The van der Waals surface area contributed by atoms with E-state index in [-0.39, 0.29) is 26.3 Å². The van der Waals surface area contributed by atoms with Gasteiger partial charge in [-0.2, -0.15) is 0 Å². The van der Waals surface area contributed by atoms with Gasteiger partial charge in [0.15, 0.2) is 0 Å². The predicted octanol–water partition coefficient (Wildman–Crippen LogP) is -0.543. The summed E-state index contributed by atoms with van der Waals surface area (Å²) in [4.78, 5) is 44.2. The number of carbonyl (C=O) groups excluding carboxylic acids is 4. The van der Waals surface area contributed by atoms with Crippen molar-refractivity contribution in [3.05, 3.63) is 25.3 Å². The number of hydrogen-bond acceptors (Lipinski definition) is 6. The van der Waals surface area contributed by atoms with Crippen molar-refractivity contribution in [3.63, 3.8) is 0 Å². The Labute approximate surface area is 128 Å². The zero-order valence-electron chi connectivity index (χ0n) is 12.3. The molecule has 122 valence electrons. The normalized spacial score (nSPS) is 9.27. The molecule has 0 unspecified atom stereocenters. The van der Waals surface area contributed by atoms with Gasteiger partial charge in [-0.25, -0.2) is 9.59 Å². The lowest BCUT2D eigenvalue weighted by atomic mass is 10.4. The van der Waals surface area contributed by atoms with Crippen LogP contribution in [0.3, 0.4) is 0 Å². The molecule has 0 aromatic carbocycles. The molecule has 0 aromatic rings. The van der Waals surface area contributed by atoms with Gasteiger partial charge in [0.2, 0.25) is 0 Å². The minimum absolute atomic E-state index is 0.126. The molecule has 2 N–H and O–H groups in total. The van der Waals surface area contributed by atoms with E-state index in [0.29, 0.717) is 12.8 Å². The lowest BCUT2D eigenvalue weighted by Crippen LogP contribution is -2.41. The second-order valence-corrected chi connectivity index (χ2v) is 3.96. The average Bonchev–Trinajstić information content (AvgIpc) is 2.52. The monoisotopic (exact) mass is 312 g/mol. The molecule has 0 saturated heterocycles. The molecule has 0 spiro atoms. The van der Waals surface area contributed by atoms with Gasteiger partial charge in [-0.1, -0.05) is 13.2 Å². The van der Waals surface area contributed by atoms with Crippen molar-refractivity contribution >= 4 is 23.8 Å². The second kappa shape index (κ2) is 12.1. The van der Waals surface area contributed by atoms with Crippen molar-refractivity contribution in [2.45, 2.75) is 12.8 Å². The summed E-state index contributed by atoms with van der Waals surface area (Å²) in [7, 11) is 0. The van der Waals surface area contributed by atoms with Gasteiger partial charge in [0.25, 0.3) is 0 Å². The molecule has 0 aromatic heterocycles. The fourth-order valence-corrected chi connectivity index (χ4v) is 1.17. The number of nitrogens with one attached hydrogen (secondary N) is 2. The van der Waals surface area contributed by atoms with Crippen molar-refractivity contribution < 1.29 is 28.7 Å². The van der Waals surface area contributed by atoms with Crippen molar-refractivity contribution in [1.82, 2.24) is 10.6 Å². The van der Waals surface area contributed by atoms with Crippen LogP contribution in [-0.2, 0) is 28.7 Å². The van der Waals surface area contributed by atoms with Gasteiger partial charge in [0.05, 0.1) is 13.2 Å². The molecule has 0 aliphatic carbocycles. The van der Waals surface area contributed by atoms with Crippen LogP contribution < -0.4 is 10.6 Å². The van der Waals surface area contributed by atoms with E-state index in [2.05, 4.69) is 23.8 Å². The highest BCUT2D eigenvalue weighted by Gasteiger charge is 2.11. The number of esters is 2. The molecule has 0 atom stereocenters. The van der Waals surface area contributed by atoms with Gasteiger partial charge in [-0.15, -0.1) is 0 Å². The zero-order chi connectivity index (χ0) is 16.8. The topological polar surface area (TPSA) is 111 Å². The number of rotatable bonds is 10. The Morgan fingerprint density at radius 3 is 1.45 bits per heavy atom. The quantitative estimate of drug-likeness (QED) is 0.242. The van der Waals surface area contributed by atoms with Crippen molar-refractivity contribution in [1.29, 1.82) is 0 Å². The first kappa shape index (κ1) is 19.4. The van der Waals surface area contributed by atoms with E-state index in [1.807, 2.05) is 0 Å². The van der Waals surface area contributed by atoms with Gasteiger partial charge in [0.1, 0.15) is 0 Å². The summed E-state index contributed by atoms with van der Waals surface area (Å²) in [6.07, 6.45) is 2.85. The number of ether oxygens (including phenoxy) is 2. The van der Waals surface area contributed by atoms with E-state index in [1.165, 1.54) is 0 Å². The minimum atomic E-state index is -0.780. The van der Waals surface area contributed by atoms with E-state index in [4.69, 9.17) is 9.47 Å². The highest BCUT2D eigenvalue weighted by molar-refractivity contribution is 6.35. The SMILES string of the molecule is C=CC(=O)OCCCNC(=O)C(=O)NCCCOC(=O)C=C.